The average Bonchev–Trinajstić information content (AvgIpc) is 2.99. The first-order valence-corrected chi connectivity index (χ1v) is 10.6. The second-order valence-corrected chi connectivity index (χ2v) is 8.48. The summed E-state index contributed by atoms with van der Waals surface area (Å²) in [6.45, 7) is 7.80. The van der Waals surface area contributed by atoms with Gasteiger partial charge in [-0.05, 0) is 75.4 Å². The van der Waals surface area contributed by atoms with Crippen LogP contribution in [0, 0.1) is 0 Å². The Morgan fingerprint density at radius 1 is 0.818 bits per heavy atom. The van der Waals surface area contributed by atoms with Crippen molar-refractivity contribution in [2.24, 2.45) is 0 Å². The summed E-state index contributed by atoms with van der Waals surface area (Å²) in [6.07, 6.45) is 6.32. The molecule has 0 aromatic heterocycles. The number of aliphatic hydroxyl groups excluding tert-OH is 1. The molecule has 0 radical (unpaired) electrons. The lowest BCUT2D eigenvalue weighted by atomic mass is 9.98. The minimum absolute atomic E-state index is 0.0655. The number of rotatable bonds is 6. The molecule has 1 aliphatic heterocycles. The van der Waals surface area contributed by atoms with Crippen molar-refractivity contribution in [1.29, 1.82) is 0 Å². The Bertz CT molecular complexity index is 1220. The molecule has 4 N–H and O–H groups in total. The standard InChI is InChI=1S/C27H28O6/c1-15(2)5-8-18-10-7-17(11-21(18)28)12-24-26(31)25(27(32)33-24)20-13-19(9-6-16(3)4)22(29)14-23(20)30/h5-7,10-14,28-31H,8-9H2,1-4H3. The predicted molar refractivity (Wildman–Crippen MR) is 128 cm³/mol. The summed E-state index contributed by atoms with van der Waals surface area (Å²) in [7, 11) is 0. The van der Waals surface area contributed by atoms with Crippen molar-refractivity contribution in [2.75, 3.05) is 0 Å². The summed E-state index contributed by atoms with van der Waals surface area (Å²) in [5.74, 6) is -1.71. The lowest BCUT2D eigenvalue weighted by molar-refractivity contribution is -0.131. The van der Waals surface area contributed by atoms with E-state index in [9.17, 15) is 25.2 Å². The number of phenols is 3. The van der Waals surface area contributed by atoms with Crippen LogP contribution in [0.3, 0.4) is 0 Å². The molecular formula is C27H28O6. The molecule has 0 spiro atoms. The molecule has 33 heavy (non-hydrogen) atoms. The fourth-order valence-corrected chi connectivity index (χ4v) is 3.36. The summed E-state index contributed by atoms with van der Waals surface area (Å²) in [5.41, 5.74) is 3.83. The molecule has 2 aromatic rings. The molecule has 3 rings (SSSR count). The van der Waals surface area contributed by atoms with E-state index < -0.39 is 11.7 Å². The second-order valence-electron chi connectivity index (χ2n) is 8.48. The normalized spacial score (nSPS) is 14.4. The van der Waals surface area contributed by atoms with Gasteiger partial charge < -0.3 is 25.2 Å². The number of aromatic hydroxyl groups is 3. The van der Waals surface area contributed by atoms with Crippen molar-refractivity contribution < 1.29 is 30.0 Å². The number of allylic oxidation sites excluding steroid dienone is 4. The quantitative estimate of drug-likeness (QED) is 0.334. The minimum Gasteiger partial charge on any atom is -0.508 e. The van der Waals surface area contributed by atoms with Gasteiger partial charge in [0.25, 0.3) is 0 Å². The summed E-state index contributed by atoms with van der Waals surface area (Å²) in [6, 6.07) is 7.64. The lowest BCUT2D eigenvalue weighted by Gasteiger charge is -2.09. The van der Waals surface area contributed by atoms with Crippen LogP contribution in [0.5, 0.6) is 17.2 Å². The Balaban J connectivity index is 1.98. The van der Waals surface area contributed by atoms with E-state index in [4.69, 9.17) is 4.74 Å². The Hall–Kier alpha value is -3.93. The van der Waals surface area contributed by atoms with E-state index in [1.54, 1.807) is 12.1 Å². The van der Waals surface area contributed by atoms with Gasteiger partial charge in [0.15, 0.2) is 11.5 Å². The van der Waals surface area contributed by atoms with Crippen LogP contribution in [0.2, 0.25) is 0 Å². The Morgan fingerprint density at radius 3 is 2.03 bits per heavy atom. The van der Waals surface area contributed by atoms with Crippen LogP contribution in [0.25, 0.3) is 11.6 Å². The van der Waals surface area contributed by atoms with Crippen molar-refractivity contribution in [3.8, 4) is 17.2 Å². The van der Waals surface area contributed by atoms with E-state index in [-0.39, 0.29) is 34.1 Å². The highest BCUT2D eigenvalue weighted by atomic mass is 16.6. The first-order valence-electron chi connectivity index (χ1n) is 10.6. The Morgan fingerprint density at radius 2 is 1.42 bits per heavy atom. The molecule has 1 heterocycles. The number of carbonyl (C=O) groups excluding carboxylic acids is 1. The molecule has 0 bridgehead atoms. The van der Waals surface area contributed by atoms with Crippen LogP contribution in [0.15, 0.2) is 65.1 Å². The van der Waals surface area contributed by atoms with Gasteiger partial charge in [0, 0.05) is 11.6 Å². The summed E-state index contributed by atoms with van der Waals surface area (Å²) >= 11 is 0. The van der Waals surface area contributed by atoms with E-state index in [1.165, 1.54) is 18.2 Å². The monoisotopic (exact) mass is 448 g/mol. The van der Waals surface area contributed by atoms with Crippen molar-refractivity contribution in [2.45, 2.75) is 40.5 Å². The maximum absolute atomic E-state index is 12.5. The third-order valence-electron chi connectivity index (χ3n) is 5.21. The number of hydrogen-bond donors (Lipinski definition) is 4. The molecule has 0 aliphatic carbocycles. The maximum atomic E-state index is 12.5. The smallest absolute Gasteiger partial charge is 0.348 e. The largest absolute Gasteiger partial charge is 0.508 e. The molecule has 172 valence electrons. The van der Waals surface area contributed by atoms with E-state index in [0.717, 1.165) is 22.8 Å². The van der Waals surface area contributed by atoms with Gasteiger partial charge in [0.05, 0.1) is 0 Å². The molecule has 6 heteroatoms. The minimum atomic E-state index is -0.822. The number of aliphatic hydroxyl groups is 1. The molecule has 2 aromatic carbocycles. The number of benzene rings is 2. The fraction of sp³-hybridized carbons (Fsp3) is 0.222. The van der Waals surface area contributed by atoms with Crippen molar-refractivity contribution >= 4 is 17.6 Å². The molecule has 0 saturated carbocycles. The number of esters is 1. The maximum Gasteiger partial charge on any atom is 0.348 e. The number of cyclic esters (lactones) is 1. The van der Waals surface area contributed by atoms with Crippen molar-refractivity contribution in [3.05, 3.63) is 87.4 Å². The summed E-state index contributed by atoms with van der Waals surface area (Å²) in [5, 5.41) is 41.5. The van der Waals surface area contributed by atoms with E-state index in [2.05, 4.69) is 0 Å². The van der Waals surface area contributed by atoms with E-state index >= 15 is 0 Å². The van der Waals surface area contributed by atoms with Crippen molar-refractivity contribution in [3.63, 3.8) is 0 Å². The topological polar surface area (TPSA) is 107 Å². The molecule has 1 aliphatic rings. The molecular weight excluding hydrogens is 420 g/mol. The van der Waals surface area contributed by atoms with Gasteiger partial charge >= 0.3 is 5.97 Å². The highest BCUT2D eigenvalue weighted by Crippen LogP contribution is 2.39. The van der Waals surface area contributed by atoms with Crippen LogP contribution in [-0.4, -0.2) is 26.4 Å². The van der Waals surface area contributed by atoms with Crippen LogP contribution < -0.4 is 0 Å². The van der Waals surface area contributed by atoms with Crippen LogP contribution in [-0.2, 0) is 22.4 Å². The van der Waals surface area contributed by atoms with Gasteiger partial charge in [0.1, 0.15) is 22.8 Å². The molecule has 0 fully saturated rings. The van der Waals surface area contributed by atoms with Gasteiger partial charge in [-0.3, -0.25) is 0 Å². The Labute approximate surface area is 193 Å². The Kier molecular flexibility index (Phi) is 6.97. The molecule has 0 amide bonds. The number of carbonyl (C=O) groups is 1. The zero-order valence-corrected chi connectivity index (χ0v) is 19.1. The number of hydrogen-bond acceptors (Lipinski definition) is 6. The highest BCUT2D eigenvalue weighted by Gasteiger charge is 2.33. The van der Waals surface area contributed by atoms with Gasteiger partial charge in [0.2, 0.25) is 0 Å². The second kappa shape index (κ2) is 9.69. The van der Waals surface area contributed by atoms with Gasteiger partial charge in [-0.2, -0.15) is 0 Å². The van der Waals surface area contributed by atoms with E-state index in [1.807, 2.05) is 39.8 Å². The first kappa shape index (κ1) is 23.7. The number of ether oxygens (including phenoxy) is 1. The summed E-state index contributed by atoms with van der Waals surface area (Å²) < 4.78 is 5.24. The summed E-state index contributed by atoms with van der Waals surface area (Å²) in [4.78, 5) is 12.5. The predicted octanol–water partition coefficient (Wildman–Crippen LogP) is 5.69. The third-order valence-corrected chi connectivity index (χ3v) is 5.21. The molecule has 6 nitrogen and oxygen atoms in total. The number of phenolic OH excluding ortho intramolecular Hbond substituents is 3. The van der Waals surface area contributed by atoms with Gasteiger partial charge in [-0.15, -0.1) is 0 Å². The van der Waals surface area contributed by atoms with Crippen LogP contribution >= 0.6 is 0 Å². The van der Waals surface area contributed by atoms with Gasteiger partial charge in [-0.1, -0.05) is 35.4 Å². The van der Waals surface area contributed by atoms with Crippen LogP contribution in [0.1, 0.15) is 49.9 Å². The third kappa shape index (κ3) is 5.47. The average molecular weight is 449 g/mol. The van der Waals surface area contributed by atoms with Gasteiger partial charge in [-0.25, -0.2) is 4.79 Å². The lowest BCUT2D eigenvalue weighted by Crippen LogP contribution is -2.00. The first-order chi connectivity index (χ1) is 15.6. The van der Waals surface area contributed by atoms with Crippen LogP contribution in [0.4, 0.5) is 0 Å². The zero-order chi connectivity index (χ0) is 24.3. The highest BCUT2D eigenvalue weighted by molar-refractivity contribution is 6.21. The zero-order valence-electron chi connectivity index (χ0n) is 19.1. The molecule has 0 unspecified atom stereocenters. The van der Waals surface area contributed by atoms with Crippen molar-refractivity contribution in [1.82, 2.24) is 0 Å². The fourth-order valence-electron chi connectivity index (χ4n) is 3.36. The SMILES string of the molecule is CC(C)=CCc1ccc(C=C2OC(=O)C(c3cc(CC=C(C)C)c(O)cc3O)=C2O)cc1O. The molecule has 0 atom stereocenters. The van der Waals surface area contributed by atoms with E-state index in [0.29, 0.717) is 24.0 Å². The molecule has 0 saturated heterocycles.